The maximum atomic E-state index is 10.7. The number of nitro groups is 1. The van der Waals surface area contributed by atoms with Gasteiger partial charge >= 0.3 is 0 Å². The molecule has 0 aliphatic heterocycles. The molecule has 0 saturated heterocycles. The summed E-state index contributed by atoms with van der Waals surface area (Å²) in [4.78, 5) is 10.2. The number of hydrogen-bond donors (Lipinski definition) is 2. The summed E-state index contributed by atoms with van der Waals surface area (Å²) < 4.78 is 10.5. The standard InChI is InChI=1S/C11H17N3O4/c1-2-17-5-6-18-8-9-7-10(14(15)16)3-4-11(9)13-12/h3-4,7,13H,2,5-6,8,12H2,1H3. The van der Waals surface area contributed by atoms with E-state index in [1.54, 1.807) is 6.07 Å². The van der Waals surface area contributed by atoms with Gasteiger partial charge in [-0.2, -0.15) is 0 Å². The highest BCUT2D eigenvalue weighted by molar-refractivity contribution is 5.55. The molecule has 0 fully saturated rings. The molecular formula is C11H17N3O4. The molecule has 0 heterocycles. The van der Waals surface area contributed by atoms with E-state index in [1.807, 2.05) is 6.92 Å². The Bertz CT molecular complexity index is 398. The monoisotopic (exact) mass is 255 g/mol. The Morgan fingerprint density at radius 2 is 2.11 bits per heavy atom. The topological polar surface area (TPSA) is 99.6 Å². The van der Waals surface area contributed by atoms with Gasteiger partial charge in [0.15, 0.2) is 0 Å². The quantitative estimate of drug-likeness (QED) is 0.315. The van der Waals surface area contributed by atoms with Crippen LogP contribution in [-0.2, 0) is 16.1 Å². The average Bonchev–Trinajstić information content (AvgIpc) is 2.38. The van der Waals surface area contributed by atoms with Crippen molar-refractivity contribution >= 4 is 11.4 Å². The molecule has 18 heavy (non-hydrogen) atoms. The fraction of sp³-hybridized carbons (Fsp3) is 0.455. The number of hydrazine groups is 1. The molecule has 1 aromatic carbocycles. The zero-order chi connectivity index (χ0) is 13.4. The van der Waals surface area contributed by atoms with Crippen LogP contribution in [0.15, 0.2) is 18.2 Å². The van der Waals surface area contributed by atoms with Gasteiger partial charge in [-0.05, 0) is 13.0 Å². The molecule has 0 bridgehead atoms. The Labute approximate surface area is 105 Å². The van der Waals surface area contributed by atoms with Crippen molar-refractivity contribution in [3.8, 4) is 0 Å². The number of anilines is 1. The van der Waals surface area contributed by atoms with Gasteiger partial charge in [0.05, 0.1) is 30.4 Å². The normalized spacial score (nSPS) is 10.3. The van der Waals surface area contributed by atoms with E-state index in [4.69, 9.17) is 15.3 Å². The lowest BCUT2D eigenvalue weighted by atomic mass is 10.1. The third-order valence-corrected chi connectivity index (χ3v) is 2.29. The Balaban J connectivity index is 2.61. The second kappa shape index (κ2) is 7.59. The molecular weight excluding hydrogens is 238 g/mol. The van der Waals surface area contributed by atoms with Crippen LogP contribution in [0.1, 0.15) is 12.5 Å². The van der Waals surface area contributed by atoms with Crippen molar-refractivity contribution in [2.24, 2.45) is 5.84 Å². The molecule has 1 aromatic rings. The van der Waals surface area contributed by atoms with Gasteiger partial charge in [0.25, 0.3) is 5.69 Å². The lowest BCUT2D eigenvalue weighted by molar-refractivity contribution is -0.384. The molecule has 0 unspecified atom stereocenters. The van der Waals surface area contributed by atoms with E-state index in [0.29, 0.717) is 31.1 Å². The van der Waals surface area contributed by atoms with Crippen LogP contribution in [0.2, 0.25) is 0 Å². The van der Waals surface area contributed by atoms with Crippen molar-refractivity contribution in [2.75, 3.05) is 25.2 Å². The molecule has 7 heteroatoms. The van der Waals surface area contributed by atoms with Crippen molar-refractivity contribution in [2.45, 2.75) is 13.5 Å². The van der Waals surface area contributed by atoms with E-state index < -0.39 is 4.92 Å². The number of non-ortho nitro benzene ring substituents is 1. The maximum absolute atomic E-state index is 10.7. The number of ether oxygens (including phenoxy) is 2. The fourth-order valence-electron chi connectivity index (χ4n) is 1.40. The van der Waals surface area contributed by atoms with Crippen molar-refractivity contribution in [1.29, 1.82) is 0 Å². The molecule has 7 nitrogen and oxygen atoms in total. The van der Waals surface area contributed by atoms with Gasteiger partial charge in [-0.3, -0.25) is 16.0 Å². The zero-order valence-corrected chi connectivity index (χ0v) is 10.2. The van der Waals surface area contributed by atoms with E-state index in [-0.39, 0.29) is 12.3 Å². The van der Waals surface area contributed by atoms with Crippen molar-refractivity contribution in [3.63, 3.8) is 0 Å². The Morgan fingerprint density at radius 3 is 2.72 bits per heavy atom. The van der Waals surface area contributed by atoms with Crippen LogP contribution >= 0.6 is 0 Å². The van der Waals surface area contributed by atoms with Crippen molar-refractivity contribution in [3.05, 3.63) is 33.9 Å². The molecule has 0 aromatic heterocycles. The summed E-state index contributed by atoms with van der Waals surface area (Å²) in [6, 6.07) is 4.38. The number of benzene rings is 1. The van der Waals surface area contributed by atoms with Crippen LogP contribution < -0.4 is 11.3 Å². The minimum absolute atomic E-state index is 0.0115. The Hall–Kier alpha value is -1.70. The number of nitrogens with zero attached hydrogens (tertiary/aromatic N) is 1. The number of nitrogens with two attached hydrogens (primary N) is 1. The first-order valence-electron chi connectivity index (χ1n) is 5.58. The first kappa shape index (κ1) is 14.4. The highest BCUT2D eigenvalue weighted by Gasteiger charge is 2.10. The molecule has 0 amide bonds. The minimum atomic E-state index is -0.454. The molecule has 0 atom stereocenters. The summed E-state index contributed by atoms with van der Waals surface area (Å²) in [5, 5.41) is 10.7. The van der Waals surface area contributed by atoms with Crippen LogP contribution in [0.5, 0.6) is 0 Å². The summed E-state index contributed by atoms with van der Waals surface area (Å²) in [5.74, 6) is 5.33. The number of rotatable bonds is 8. The van der Waals surface area contributed by atoms with E-state index >= 15 is 0 Å². The number of nitrogen functional groups attached to an aromatic ring is 1. The SMILES string of the molecule is CCOCCOCc1cc([N+](=O)[O-])ccc1NN. The second-order valence-corrected chi connectivity index (χ2v) is 3.49. The van der Waals surface area contributed by atoms with Gasteiger partial charge in [0, 0.05) is 24.3 Å². The van der Waals surface area contributed by atoms with E-state index in [2.05, 4.69) is 5.43 Å². The molecule has 0 aliphatic rings. The maximum Gasteiger partial charge on any atom is 0.269 e. The summed E-state index contributed by atoms with van der Waals surface area (Å²) in [6.45, 7) is 3.71. The highest BCUT2D eigenvalue weighted by Crippen LogP contribution is 2.22. The molecule has 3 N–H and O–H groups in total. The van der Waals surface area contributed by atoms with Crippen LogP contribution in [-0.4, -0.2) is 24.7 Å². The lowest BCUT2D eigenvalue weighted by Gasteiger charge is -2.09. The zero-order valence-electron chi connectivity index (χ0n) is 10.2. The average molecular weight is 255 g/mol. The first-order valence-corrected chi connectivity index (χ1v) is 5.58. The summed E-state index contributed by atoms with van der Waals surface area (Å²) in [5.41, 5.74) is 3.74. The van der Waals surface area contributed by atoms with Crippen molar-refractivity contribution in [1.82, 2.24) is 0 Å². The highest BCUT2D eigenvalue weighted by atomic mass is 16.6. The summed E-state index contributed by atoms with van der Waals surface area (Å²) in [6.07, 6.45) is 0. The number of nitro benzene ring substituents is 1. The van der Waals surface area contributed by atoms with E-state index in [0.717, 1.165) is 0 Å². The van der Waals surface area contributed by atoms with Crippen LogP contribution in [0, 0.1) is 10.1 Å². The van der Waals surface area contributed by atoms with Gasteiger partial charge in [-0.25, -0.2) is 0 Å². The third-order valence-electron chi connectivity index (χ3n) is 2.29. The molecule has 1 rings (SSSR count). The minimum Gasteiger partial charge on any atom is -0.379 e. The van der Waals surface area contributed by atoms with E-state index in [1.165, 1.54) is 12.1 Å². The summed E-state index contributed by atoms with van der Waals surface area (Å²) in [7, 11) is 0. The second-order valence-electron chi connectivity index (χ2n) is 3.49. The van der Waals surface area contributed by atoms with E-state index in [9.17, 15) is 10.1 Å². The van der Waals surface area contributed by atoms with Crippen LogP contribution in [0.25, 0.3) is 0 Å². The fourth-order valence-corrected chi connectivity index (χ4v) is 1.40. The largest absolute Gasteiger partial charge is 0.379 e. The lowest BCUT2D eigenvalue weighted by Crippen LogP contribution is -2.11. The molecule has 100 valence electrons. The Kier molecular flexibility index (Phi) is 6.06. The summed E-state index contributed by atoms with van der Waals surface area (Å²) >= 11 is 0. The van der Waals surface area contributed by atoms with Gasteiger partial charge in [-0.1, -0.05) is 0 Å². The molecule has 0 spiro atoms. The van der Waals surface area contributed by atoms with Crippen molar-refractivity contribution < 1.29 is 14.4 Å². The van der Waals surface area contributed by atoms with Crippen LogP contribution in [0.3, 0.4) is 0 Å². The van der Waals surface area contributed by atoms with Gasteiger partial charge < -0.3 is 14.9 Å². The number of hydrogen-bond acceptors (Lipinski definition) is 6. The first-order chi connectivity index (χ1) is 8.69. The predicted octanol–water partition coefficient (Wildman–Crippen LogP) is 1.43. The Morgan fingerprint density at radius 1 is 1.39 bits per heavy atom. The molecule has 0 saturated carbocycles. The van der Waals surface area contributed by atoms with Gasteiger partial charge in [0.1, 0.15) is 0 Å². The van der Waals surface area contributed by atoms with Crippen LogP contribution in [0.4, 0.5) is 11.4 Å². The number of nitrogens with one attached hydrogen (secondary N) is 1. The van der Waals surface area contributed by atoms with Gasteiger partial charge in [0.2, 0.25) is 0 Å². The van der Waals surface area contributed by atoms with Gasteiger partial charge in [-0.15, -0.1) is 0 Å². The predicted molar refractivity (Wildman–Crippen MR) is 67.1 cm³/mol. The smallest absolute Gasteiger partial charge is 0.269 e. The molecule has 0 aliphatic carbocycles. The third kappa shape index (κ3) is 4.28. The molecule has 0 radical (unpaired) electrons.